The molecule has 0 bridgehead atoms. The van der Waals surface area contributed by atoms with Gasteiger partial charge >= 0.3 is 5.97 Å². The smallest absolute Gasteiger partial charge is 0.347 e. The number of carbonyl (C=O) groups excluding carboxylic acids is 1. The summed E-state index contributed by atoms with van der Waals surface area (Å²) in [5.74, 6) is 0.915. The Morgan fingerprint density at radius 3 is 2.85 bits per heavy atom. The molecule has 1 aromatic carbocycles. The van der Waals surface area contributed by atoms with E-state index in [0.29, 0.717) is 31.0 Å². The third-order valence-electron chi connectivity index (χ3n) is 4.13. The normalized spacial score (nSPS) is 16.6. The molecule has 3 rings (SSSR count). The van der Waals surface area contributed by atoms with Gasteiger partial charge in [0.1, 0.15) is 11.5 Å². The second kappa shape index (κ2) is 8.14. The van der Waals surface area contributed by atoms with Gasteiger partial charge in [0, 0.05) is 0 Å². The summed E-state index contributed by atoms with van der Waals surface area (Å²) >= 11 is 0. The molecule has 2 aromatic rings. The zero-order chi connectivity index (χ0) is 19.4. The van der Waals surface area contributed by atoms with Gasteiger partial charge in [0.15, 0.2) is 6.10 Å². The number of furan rings is 1. The van der Waals surface area contributed by atoms with Crippen LogP contribution in [0.3, 0.4) is 0 Å². The molecule has 1 aliphatic heterocycles. The molecule has 0 aliphatic carbocycles. The van der Waals surface area contributed by atoms with Gasteiger partial charge in [-0.25, -0.2) is 17.9 Å². The number of esters is 1. The lowest BCUT2D eigenvalue weighted by Crippen LogP contribution is -2.33. The van der Waals surface area contributed by atoms with Gasteiger partial charge in [-0.15, -0.1) is 0 Å². The van der Waals surface area contributed by atoms with Crippen LogP contribution in [-0.2, 0) is 32.5 Å². The Labute approximate surface area is 158 Å². The molecule has 1 N–H and O–H groups in total. The number of rotatable bonds is 7. The Balaban J connectivity index is 1.66. The number of sulfonamides is 1. The van der Waals surface area contributed by atoms with Crippen LogP contribution in [0.15, 0.2) is 45.9 Å². The number of hydrogen-bond donors (Lipinski definition) is 1. The van der Waals surface area contributed by atoms with E-state index in [1.54, 1.807) is 24.3 Å². The molecule has 1 aliphatic rings. The van der Waals surface area contributed by atoms with Crippen LogP contribution >= 0.6 is 0 Å². The first kappa shape index (κ1) is 19.4. The van der Waals surface area contributed by atoms with Gasteiger partial charge in [-0.2, -0.15) is 0 Å². The number of nitrogens with one attached hydrogen (secondary N) is 1. The van der Waals surface area contributed by atoms with E-state index >= 15 is 0 Å². The average Bonchev–Trinajstić information content (AvgIpc) is 3.17. The number of ether oxygens (including phenoxy) is 2. The highest BCUT2D eigenvalue weighted by Crippen LogP contribution is 2.30. The summed E-state index contributed by atoms with van der Waals surface area (Å²) in [6, 6.07) is 8.02. The third-order valence-corrected chi connectivity index (χ3v) is 5.52. The van der Waals surface area contributed by atoms with Gasteiger partial charge < -0.3 is 13.9 Å². The molecule has 1 aromatic heterocycles. The number of hydrogen-bond acceptors (Lipinski definition) is 6. The van der Waals surface area contributed by atoms with Crippen LogP contribution in [0.5, 0.6) is 5.75 Å². The van der Waals surface area contributed by atoms with Crippen molar-refractivity contribution in [1.82, 2.24) is 4.72 Å². The summed E-state index contributed by atoms with van der Waals surface area (Å²) in [7, 11) is -3.68. The molecule has 27 heavy (non-hydrogen) atoms. The first-order valence-corrected chi connectivity index (χ1v) is 10.3. The van der Waals surface area contributed by atoms with E-state index in [-0.39, 0.29) is 23.3 Å². The lowest BCUT2D eigenvalue weighted by atomic mass is 10.0. The Kier molecular flexibility index (Phi) is 5.86. The Morgan fingerprint density at radius 1 is 1.33 bits per heavy atom. The molecule has 7 nitrogen and oxygen atoms in total. The SMILES string of the molecule is CC(C)COC(=O)[C@H]1CCc2cc(S(=O)(=O)NCc3ccco3)ccc2O1. The van der Waals surface area contributed by atoms with E-state index in [1.807, 2.05) is 13.8 Å². The molecule has 0 spiro atoms. The number of benzene rings is 1. The van der Waals surface area contributed by atoms with E-state index in [4.69, 9.17) is 13.9 Å². The molecule has 1 atom stereocenters. The van der Waals surface area contributed by atoms with Gasteiger partial charge in [-0.1, -0.05) is 13.8 Å². The van der Waals surface area contributed by atoms with E-state index in [0.717, 1.165) is 5.56 Å². The Morgan fingerprint density at radius 2 is 2.15 bits per heavy atom. The van der Waals surface area contributed by atoms with Crippen molar-refractivity contribution in [2.75, 3.05) is 6.61 Å². The molecule has 0 unspecified atom stereocenters. The van der Waals surface area contributed by atoms with Crippen LogP contribution in [0.2, 0.25) is 0 Å². The fourth-order valence-electron chi connectivity index (χ4n) is 2.70. The largest absolute Gasteiger partial charge is 0.478 e. The van der Waals surface area contributed by atoms with Crippen LogP contribution in [0.1, 0.15) is 31.6 Å². The zero-order valence-corrected chi connectivity index (χ0v) is 16.1. The van der Waals surface area contributed by atoms with Crippen molar-refractivity contribution in [2.45, 2.75) is 44.2 Å². The maximum Gasteiger partial charge on any atom is 0.347 e. The predicted octanol–water partition coefficient (Wildman–Crippen LogP) is 2.65. The minimum atomic E-state index is -3.68. The zero-order valence-electron chi connectivity index (χ0n) is 15.3. The second-order valence-corrected chi connectivity index (χ2v) is 8.61. The van der Waals surface area contributed by atoms with Gasteiger partial charge in [-0.3, -0.25) is 0 Å². The van der Waals surface area contributed by atoms with Crippen molar-refractivity contribution in [3.63, 3.8) is 0 Å². The molecular formula is C19H23NO6S. The minimum absolute atomic E-state index is 0.0761. The predicted molar refractivity (Wildman–Crippen MR) is 97.7 cm³/mol. The molecule has 0 fully saturated rings. The van der Waals surface area contributed by atoms with E-state index < -0.39 is 16.1 Å². The van der Waals surface area contributed by atoms with Gasteiger partial charge in [0.25, 0.3) is 0 Å². The summed E-state index contributed by atoms with van der Waals surface area (Å²) in [4.78, 5) is 12.2. The molecule has 0 saturated carbocycles. The fraction of sp³-hybridized carbons (Fsp3) is 0.421. The van der Waals surface area contributed by atoms with Crippen LogP contribution in [0, 0.1) is 5.92 Å². The highest BCUT2D eigenvalue weighted by molar-refractivity contribution is 7.89. The topological polar surface area (TPSA) is 94.8 Å². The molecular weight excluding hydrogens is 370 g/mol. The average molecular weight is 393 g/mol. The molecule has 0 saturated heterocycles. The number of fused-ring (bicyclic) bond motifs is 1. The lowest BCUT2D eigenvalue weighted by Gasteiger charge is -2.25. The van der Waals surface area contributed by atoms with Crippen molar-refractivity contribution in [3.8, 4) is 5.75 Å². The number of carbonyl (C=O) groups is 1. The molecule has 2 heterocycles. The standard InChI is InChI=1S/C19H23NO6S/c1-13(2)12-25-19(21)18-7-5-14-10-16(6-8-17(14)26-18)27(22,23)20-11-15-4-3-9-24-15/h3-4,6,8-10,13,18,20H,5,7,11-12H2,1-2H3/t18-/m1/s1. The van der Waals surface area contributed by atoms with Crippen molar-refractivity contribution in [1.29, 1.82) is 0 Å². The fourth-order valence-corrected chi connectivity index (χ4v) is 3.75. The first-order valence-electron chi connectivity index (χ1n) is 8.83. The maximum atomic E-state index is 12.5. The summed E-state index contributed by atoms with van der Waals surface area (Å²) in [6.45, 7) is 4.36. The van der Waals surface area contributed by atoms with Crippen molar-refractivity contribution < 1.29 is 27.1 Å². The second-order valence-electron chi connectivity index (χ2n) is 6.84. The van der Waals surface area contributed by atoms with Crippen molar-refractivity contribution in [2.24, 2.45) is 5.92 Å². The van der Waals surface area contributed by atoms with Crippen LogP contribution < -0.4 is 9.46 Å². The van der Waals surface area contributed by atoms with E-state index in [9.17, 15) is 13.2 Å². The quantitative estimate of drug-likeness (QED) is 0.727. The van der Waals surface area contributed by atoms with Gasteiger partial charge in [-0.05, 0) is 54.7 Å². The first-order chi connectivity index (χ1) is 12.8. The van der Waals surface area contributed by atoms with Crippen LogP contribution in [0.25, 0.3) is 0 Å². The molecule has 146 valence electrons. The molecule has 8 heteroatoms. The van der Waals surface area contributed by atoms with Gasteiger partial charge in [0.2, 0.25) is 10.0 Å². The van der Waals surface area contributed by atoms with Crippen LogP contribution in [-0.4, -0.2) is 27.1 Å². The monoisotopic (exact) mass is 393 g/mol. The number of aryl methyl sites for hydroxylation is 1. The summed E-state index contributed by atoms with van der Waals surface area (Å²) < 4.78 is 43.5. The minimum Gasteiger partial charge on any atom is -0.478 e. The van der Waals surface area contributed by atoms with Crippen molar-refractivity contribution in [3.05, 3.63) is 47.9 Å². The van der Waals surface area contributed by atoms with Crippen molar-refractivity contribution >= 4 is 16.0 Å². The Bertz CT molecular complexity index is 889. The molecule has 0 amide bonds. The van der Waals surface area contributed by atoms with E-state index in [1.165, 1.54) is 12.3 Å². The summed E-state index contributed by atoms with van der Waals surface area (Å²) in [5.41, 5.74) is 0.754. The van der Waals surface area contributed by atoms with Crippen LogP contribution in [0.4, 0.5) is 0 Å². The summed E-state index contributed by atoms with van der Waals surface area (Å²) in [6.07, 6.45) is 1.82. The van der Waals surface area contributed by atoms with E-state index in [2.05, 4.69) is 4.72 Å². The maximum absolute atomic E-state index is 12.5. The highest BCUT2D eigenvalue weighted by Gasteiger charge is 2.28. The van der Waals surface area contributed by atoms with Gasteiger partial charge in [0.05, 0.1) is 24.3 Å². The molecule has 0 radical (unpaired) electrons. The third kappa shape index (κ3) is 4.90. The summed E-state index contributed by atoms with van der Waals surface area (Å²) in [5, 5.41) is 0. The Hall–Kier alpha value is -2.32. The lowest BCUT2D eigenvalue weighted by molar-refractivity contribution is -0.153. The highest BCUT2D eigenvalue weighted by atomic mass is 32.2.